The Balaban J connectivity index is 2.10. The van der Waals surface area contributed by atoms with Crippen LogP contribution in [0.2, 0.25) is 0 Å². The first-order valence-corrected chi connectivity index (χ1v) is 7.61. The average molecular weight is 297 g/mol. The van der Waals surface area contributed by atoms with Gasteiger partial charge in [0.25, 0.3) is 5.91 Å². The Bertz CT molecular complexity index is 664. The summed E-state index contributed by atoms with van der Waals surface area (Å²) in [4.78, 5) is 12.5. The van der Waals surface area contributed by atoms with Gasteiger partial charge >= 0.3 is 0 Å². The van der Waals surface area contributed by atoms with Gasteiger partial charge in [0.2, 0.25) is 0 Å². The average Bonchev–Trinajstić information content (AvgIpc) is 2.49. The van der Waals surface area contributed by atoms with E-state index < -0.39 is 6.10 Å². The molecule has 2 rings (SSSR count). The number of carbonyl (C=O) groups is 1. The number of benzene rings is 2. The van der Waals surface area contributed by atoms with Gasteiger partial charge in [-0.1, -0.05) is 31.2 Å². The summed E-state index contributed by atoms with van der Waals surface area (Å²) in [6.45, 7) is 7.99. The van der Waals surface area contributed by atoms with Gasteiger partial charge < -0.3 is 10.1 Å². The maximum atomic E-state index is 12.5. The van der Waals surface area contributed by atoms with E-state index in [1.807, 2.05) is 70.2 Å². The highest BCUT2D eigenvalue weighted by Crippen LogP contribution is 2.20. The number of nitrogens with one attached hydrogen (secondary N) is 1. The second kappa shape index (κ2) is 7.12. The lowest BCUT2D eigenvalue weighted by Gasteiger charge is -2.18. The maximum absolute atomic E-state index is 12.5. The molecule has 0 aliphatic carbocycles. The molecule has 2 aromatic carbocycles. The molecule has 1 amide bonds. The molecular formula is C19H23NO2. The number of amides is 1. The second-order valence-electron chi connectivity index (χ2n) is 5.57. The Hall–Kier alpha value is -2.29. The zero-order chi connectivity index (χ0) is 16.1. The highest BCUT2D eigenvalue weighted by atomic mass is 16.5. The minimum absolute atomic E-state index is 0.113. The van der Waals surface area contributed by atoms with Crippen LogP contribution in [0.1, 0.15) is 30.0 Å². The number of carbonyl (C=O) groups excluding carboxylic acids is 1. The van der Waals surface area contributed by atoms with Gasteiger partial charge in [-0.3, -0.25) is 4.79 Å². The van der Waals surface area contributed by atoms with E-state index in [1.165, 1.54) is 0 Å². The molecule has 0 aromatic heterocycles. The zero-order valence-electron chi connectivity index (χ0n) is 13.6. The molecule has 0 radical (unpaired) electrons. The fourth-order valence-corrected chi connectivity index (χ4v) is 2.27. The molecule has 0 aliphatic rings. The normalized spacial score (nSPS) is 11.8. The molecule has 1 atom stereocenters. The summed E-state index contributed by atoms with van der Waals surface area (Å²) in [6.07, 6.45) is 0.117. The van der Waals surface area contributed by atoms with Crippen LogP contribution in [0.4, 0.5) is 5.69 Å². The van der Waals surface area contributed by atoms with E-state index in [0.717, 1.165) is 28.1 Å². The van der Waals surface area contributed by atoms with Crippen molar-refractivity contribution in [2.24, 2.45) is 0 Å². The van der Waals surface area contributed by atoms with E-state index in [0.29, 0.717) is 6.42 Å². The fourth-order valence-electron chi connectivity index (χ4n) is 2.27. The number of hydrogen-bond donors (Lipinski definition) is 1. The van der Waals surface area contributed by atoms with Gasteiger partial charge in [0.05, 0.1) is 0 Å². The van der Waals surface area contributed by atoms with Crippen molar-refractivity contribution < 1.29 is 9.53 Å². The molecule has 22 heavy (non-hydrogen) atoms. The lowest BCUT2D eigenvalue weighted by Crippen LogP contribution is -2.32. The van der Waals surface area contributed by atoms with Crippen molar-refractivity contribution in [2.75, 3.05) is 5.32 Å². The first kappa shape index (κ1) is 16.1. The zero-order valence-corrected chi connectivity index (χ0v) is 13.6. The van der Waals surface area contributed by atoms with E-state index in [2.05, 4.69) is 5.32 Å². The summed E-state index contributed by atoms with van der Waals surface area (Å²) in [7, 11) is 0. The predicted molar refractivity (Wildman–Crippen MR) is 90.4 cm³/mol. The number of anilines is 1. The predicted octanol–water partition coefficient (Wildman–Crippen LogP) is 4.41. The molecule has 3 heteroatoms. The standard InChI is InChI=1S/C19H23NO2/c1-5-18(22-16-10-6-8-13(2)12-16)19(21)20-17-11-7-9-14(3)15(17)4/h6-12,18H,5H2,1-4H3,(H,20,21). The van der Waals surface area contributed by atoms with Crippen molar-refractivity contribution in [2.45, 2.75) is 40.2 Å². The van der Waals surface area contributed by atoms with Crippen molar-refractivity contribution >= 4 is 11.6 Å². The molecule has 1 N–H and O–H groups in total. The monoisotopic (exact) mass is 297 g/mol. The van der Waals surface area contributed by atoms with Crippen molar-refractivity contribution in [3.05, 3.63) is 59.2 Å². The first-order chi connectivity index (χ1) is 10.5. The van der Waals surface area contributed by atoms with Crippen LogP contribution in [0.5, 0.6) is 5.75 Å². The summed E-state index contributed by atoms with van der Waals surface area (Å²) in [6, 6.07) is 13.6. The highest BCUT2D eigenvalue weighted by molar-refractivity contribution is 5.95. The summed E-state index contributed by atoms with van der Waals surface area (Å²) in [5.74, 6) is 0.612. The quantitative estimate of drug-likeness (QED) is 0.888. The van der Waals surface area contributed by atoms with Crippen LogP contribution in [0.25, 0.3) is 0 Å². The molecule has 0 saturated carbocycles. The van der Waals surface area contributed by atoms with Crippen molar-refractivity contribution in [3.8, 4) is 5.75 Å². The van der Waals surface area contributed by atoms with Crippen molar-refractivity contribution in [1.29, 1.82) is 0 Å². The van der Waals surface area contributed by atoms with E-state index >= 15 is 0 Å². The van der Waals surface area contributed by atoms with Gasteiger partial charge in [0.15, 0.2) is 6.10 Å². The van der Waals surface area contributed by atoms with Crippen LogP contribution >= 0.6 is 0 Å². The molecule has 0 bridgehead atoms. The van der Waals surface area contributed by atoms with Crippen molar-refractivity contribution in [3.63, 3.8) is 0 Å². The van der Waals surface area contributed by atoms with Gasteiger partial charge in [0, 0.05) is 5.69 Å². The van der Waals surface area contributed by atoms with Crippen molar-refractivity contribution in [1.82, 2.24) is 0 Å². The van der Waals surface area contributed by atoms with Crippen LogP contribution in [0.3, 0.4) is 0 Å². The summed E-state index contributed by atoms with van der Waals surface area (Å²) in [5, 5.41) is 2.97. The molecule has 0 heterocycles. The first-order valence-electron chi connectivity index (χ1n) is 7.61. The minimum Gasteiger partial charge on any atom is -0.481 e. The molecular weight excluding hydrogens is 274 g/mol. The third-order valence-electron chi connectivity index (χ3n) is 3.79. The van der Waals surface area contributed by atoms with E-state index in [-0.39, 0.29) is 5.91 Å². The Morgan fingerprint density at radius 2 is 1.86 bits per heavy atom. The van der Waals surface area contributed by atoms with Crippen LogP contribution in [-0.2, 0) is 4.79 Å². The lowest BCUT2D eigenvalue weighted by molar-refractivity contribution is -0.122. The van der Waals surface area contributed by atoms with Gasteiger partial charge in [-0.15, -0.1) is 0 Å². The van der Waals surface area contributed by atoms with Gasteiger partial charge in [-0.05, 0) is 62.1 Å². The largest absolute Gasteiger partial charge is 0.481 e. The van der Waals surface area contributed by atoms with Gasteiger partial charge in [0.1, 0.15) is 5.75 Å². The minimum atomic E-state index is -0.498. The summed E-state index contributed by atoms with van der Waals surface area (Å²) in [5.41, 5.74) is 4.20. The van der Waals surface area contributed by atoms with Crippen LogP contribution in [-0.4, -0.2) is 12.0 Å². The summed E-state index contributed by atoms with van der Waals surface area (Å²) < 4.78 is 5.84. The Morgan fingerprint density at radius 1 is 1.14 bits per heavy atom. The fraction of sp³-hybridized carbons (Fsp3) is 0.316. The summed E-state index contributed by atoms with van der Waals surface area (Å²) >= 11 is 0. The number of ether oxygens (including phenoxy) is 1. The molecule has 116 valence electrons. The highest BCUT2D eigenvalue weighted by Gasteiger charge is 2.19. The third-order valence-corrected chi connectivity index (χ3v) is 3.79. The lowest BCUT2D eigenvalue weighted by atomic mass is 10.1. The molecule has 0 aliphatic heterocycles. The molecule has 2 aromatic rings. The third kappa shape index (κ3) is 3.88. The number of aryl methyl sites for hydroxylation is 2. The molecule has 0 spiro atoms. The van der Waals surface area contributed by atoms with E-state index in [9.17, 15) is 4.79 Å². The van der Waals surface area contributed by atoms with Crippen LogP contribution in [0.15, 0.2) is 42.5 Å². The second-order valence-corrected chi connectivity index (χ2v) is 5.57. The van der Waals surface area contributed by atoms with Crippen LogP contribution in [0, 0.1) is 20.8 Å². The molecule has 1 unspecified atom stereocenters. The molecule has 3 nitrogen and oxygen atoms in total. The topological polar surface area (TPSA) is 38.3 Å². The Morgan fingerprint density at radius 3 is 2.55 bits per heavy atom. The number of hydrogen-bond acceptors (Lipinski definition) is 2. The molecule has 0 fully saturated rings. The smallest absolute Gasteiger partial charge is 0.265 e. The SMILES string of the molecule is CCC(Oc1cccc(C)c1)C(=O)Nc1cccc(C)c1C. The Labute approximate surface area is 132 Å². The van der Waals surface area contributed by atoms with E-state index in [1.54, 1.807) is 0 Å². The number of rotatable bonds is 5. The van der Waals surface area contributed by atoms with Gasteiger partial charge in [-0.2, -0.15) is 0 Å². The van der Waals surface area contributed by atoms with Crippen LogP contribution < -0.4 is 10.1 Å². The Kier molecular flexibility index (Phi) is 5.21. The van der Waals surface area contributed by atoms with Gasteiger partial charge in [-0.25, -0.2) is 0 Å². The van der Waals surface area contributed by atoms with E-state index in [4.69, 9.17) is 4.74 Å². The maximum Gasteiger partial charge on any atom is 0.265 e. The molecule has 0 saturated heterocycles.